The number of carbonyl (C=O) groups is 3. The average Bonchev–Trinajstić information content (AvgIpc) is 3.31. The van der Waals surface area contributed by atoms with E-state index in [2.05, 4.69) is 22.8 Å². The molecule has 0 saturated heterocycles. The van der Waals surface area contributed by atoms with Crippen molar-refractivity contribution in [3.8, 4) is 11.1 Å². The summed E-state index contributed by atoms with van der Waals surface area (Å²) in [4.78, 5) is 38.1. The number of alkyl carbamates (subject to hydrolysis) is 1. The molecule has 0 spiro atoms. The molecule has 3 aromatic carbocycles. The molecule has 3 N–H and O–H groups in total. The highest BCUT2D eigenvalue weighted by molar-refractivity contribution is 5.86. The molecule has 5 rings (SSSR count). The monoisotopic (exact) mass is 556 g/mol. The molecule has 2 aliphatic carbocycles. The van der Waals surface area contributed by atoms with E-state index in [0.29, 0.717) is 25.7 Å². The Balaban J connectivity index is 1.26. The normalized spacial score (nSPS) is 19.3. The van der Waals surface area contributed by atoms with Crippen LogP contribution >= 0.6 is 0 Å². The van der Waals surface area contributed by atoms with Crippen molar-refractivity contribution in [3.05, 3.63) is 95.6 Å². The Hall–Kier alpha value is -4.17. The maximum Gasteiger partial charge on any atom is 0.407 e. The van der Waals surface area contributed by atoms with Crippen molar-refractivity contribution in [1.29, 1.82) is 0 Å². The molecule has 2 unspecified atom stereocenters. The quantitative estimate of drug-likeness (QED) is 0.314. The number of rotatable bonds is 10. The van der Waals surface area contributed by atoms with Crippen molar-refractivity contribution in [2.24, 2.45) is 5.92 Å². The molecule has 1 saturated carbocycles. The highest BCUT2D eigenvalue weighted by Crippen LogP contribution is 2.44. The van der Waals surface area contributed by atoms with Gasteiger partial charge >= 0.3 is 12.1 Å². The van der Waals surface area contributed by atoms with Crippen molar-refractivity contribution in [1.82, 2.24) is 10.6 Å². The molecule has 2 amide bonds. The standard InChI is InChI=1S/C33H36N2O6/c1-21(40-19-22-10-3-2-4-11-22)30(31(36)34-24-13-9-12-23(18-24)32(37)38)35-33(39)41-20-29-27-16-7-5-14-25(27)26-15-6-8-17-28(26)29/h2-8,10-11,14-17,21,23-24,29-30H,9,12-13,18-20H2,1H3,(H,34,36)(H,35,39)(H,37,38)/t21?,23-,24+,30?/m1/s1. The number of fused-ring (bicyclic) bond motifs is 3. The van der Waals surface area contributed by atoms with Crippen LogP contribution in [0.4, 0.5) is 4.79 Å². The molecule has 41 heavy (non-hydrogen) atoms. The van der Waals surface area contributed by atoms with E-state index in [0.717, 1.165) is 27.8 Å². The van der Waals surface area contributed by atoms with Crippen LogP contribution in [0.3, 0.4) is 0 Å². The fourth-order valence-corrected chi connectivity index (χ4v) is 5.90. The predicted molar refractivity (Wildman–Crippen MR) is 154 cm³/mol. The van der Waals surface area contributed by atoms with Gasteiger partial charge in [-0.3, -0.25) is 9.59 Å². The van der Waals surface area contributed by atoms with Gasteiger partial charge in [0.1, 0.15) is 12.6 Å². The largest absolute Gasteiger partial charge is 0.481 e. The van der Waals surface area contributed by atoms with Crippen LogP contribution in [-0.2, 0) is 25.7 Å². The topological polar surface area (TPSA) is 114 Å². The first-order valence-electron chi connectivity index (χ1n) is 14.2. The summed E-state index contributed by atoms with van der Waals surface area (Å²) >= 11 is 0. The number of carboxylic acid groups (broad SMARTS) is 1. The highest BCUT2D eigenvalue weighted by Gasteiger charge is 2.34. The highest BCUT2D eigenvalue weighted by atomic mass is 16.5. The van der Waals surface area contributed by atoms with E-state index in [9.17, 15) is 19.5 Å². The molecule has 0 radical (unpaired) electrons. The number of benzene rings is 3. The first-order valence-corrected chi connectivity index (χ1v) is 14.2. The molecule has 0 aromatic heterocycles. The van der Waals surface area contributed by atoms with E-state index in [4.69, 9.17) is 9.47 Å². The van der Waals surface area contributed by atoms with Gasteiger partial charge in [0, 0.05) is 12.0 Å². The predicted octanol–water partition coefficient (Wildman–Crippen LogP) is 5.26. The van der Waals surface area contributed by atoms with E-state index >= 15 is 0 Å². The summed E-state index contributed by atoms with van der Waals surface area (Å²) in [7, 11) is 0. The summed E-state index contributed by atoms with van der Waals surface area (Å²) in [5, 5.41) is 15.1. The summed E-state index contributed by atoms with van der Waals surface area (Å²) in [6.45, 7) is 2.12. The third-order valence-corrected chi connectivity index (χ3v) is 8.09. The Bertz CT molecular complexity index is 1330. The second kappa shape index (κ2) is 13.0. The number of ether oxygens (including phenoxy) is 2. The molecule has 8 heteroatoms. The Kier molecular flexibility index (Phi) is 8.99. The lowest BCUT2D eigenvalue weighted by Crippen LogP contribution is -2.55. The van der Waals surface area contributed by atoms with Crippen LogP contribution in [0.1, 0.15) is 55.2 Å². The number of carboxylic acids is 1. The zero-order valence-electron chi connectivity index (χ0n) is 23.1. The number of hydrogen-bond donors (Lipinski definition) is 3. The summed E-state index contributed by atoms with van der Waals surface area (Å²) in [5.41, 5.74) is 5.39. The van der Waals surface area contributed by atoms with Crippen LogP contribution in [0.15, 0.2) is 78.9 Å². The van der Waals surface area contributed by atoms with E-state index in [1.165, 1.54) is 0 Å². The van der Waals surface area contributed by atoms with Crippen LogP contribution in [0.5, 0.6) is 0 Å². The van der Waals surface area contributed by atoms with Crippen LogP contribution in [0, 0.1) is 5.92 Å². The van der Waals surface area contributed by atoms with E-state index in [-0.39, 0.29) is 25.2 Å². The molecular weight excluding hydrogens is 520 g/mol. The van der Waals surface area contributed by atoms with Gasteiger partial charge in [-0.05, 0) is 54.0 Å². The minimum absolute atomic E-state index is 0.109. The van der Waals surface area contributed by atoms with Crippen LogP contribution in [0.2, 0.25) is 0 Å². The molecule has 8 nitrogen and oxygen atoms in total. The molecule has 214 valence electrons. The first-order chi connectivity index (χ1) is 19.9. The number of hydrogen-bond acceptors (Lipinski definition) is 5. The minimum atomic E-state index is -1.03. The Labute approximate surface area is 240 Å². The van der Waals surface area contributed by atoms with Gasteiger partial charge in [0.05, 0.1) is 18.6 Å². The lowest BCUT2D eigenvalue weighted by Gasteiger charge is -2.30. The van der Waals surface area contributed by atoms with Crippen molar-refractivity contribution < 1.29 is 29.0 Å². The fourth-order valence-electron chi connectivity index (χ4n) is 5.90. The molecule has 0 bridgehead atoms. The smallest absolute Gasteiger partial charge is 0.407 e. The summed E-state index contributed by atoms with van der Waals surface area (Å²) < 4.78 is 11.7. The maximum atomic E-state index is 13.5. The lowest BCUT2D eigenvalue weighted by molar-refractivity contribution is -0.143. The third kappa shape index (κ3) is 6.77. The molecular formula is C33H36N2O6. The van der Waals surface area contributed by atoms with E-state index in [1.54, 1.807) is 6.92 Å². The minimum Gasteiger partial charge on any atom is -0.481 e. The number of amides is 2. The summed E-state index contributed by atoms with van der Waals surface area (Å²) in [6.07, 6.45) is 0.972. The van der Waals surface area contributed by atoms with Gasteiger partial charge in [0.25, 0.3) is 0 Å². The summed E-state index contributed by atoms with van der Waals surface area (Å²) in [6, 6.07) is 24.4. The lowest BCUT2D eigenvalue weighted by atomic mass is 9.85. The van der Waals surface area contributed by atoms with Crippen molar-refractivity contribution in [2.75, 3.05) is 6.61 Å². The van der Waals surface area contributed by atoms with Gasteiger partial charge in [0.2, 0.25) is 5.91 Å². The van der Waals surface area contributed by atoms with Crippen molar-refractivity contribution in [3.63, 3.8) is 0 Å². The van der Waals surface area contributed by atoms with Crippen molar-refractivity contribution >= 4 is 18.0 Å². The number of aliphatic carboxylic acids is 1. The van der Waals surface area contributed by atoms with Gasteiger partial charge in [0.15, 0.2) is 0 Å². The van der Waals surface area contributed by atoms with Gasteiger partial charge in [-0.2, -0.15) is 0 Å². The first kappa shape index (κ1) is 28.4. The Morgan fingerprint density at radius 3 is 2.20 bits per heavy atom. The zero-order valence-corrected chi connectivity index (χ0v) is 23.1. The second-order valence-corrected chi connectivity index (χ2v) is 10.9. The molecule has 0 aliphatic heterocycles. The summed E-state index contributed by atoms with van der Waals surface area (Å²) in [5.74, 6) is -1.87. The number of carbonyl (C=O) groups excluding carboxylic acids is 2. The SMILES string of the molecule is CC(OCc1ccccc1)C(NC(=O)OCC1c2ccccc2-c2ccccc21)C(=O)N[C@H]1CCC[C@@H](C(=O)O)C1. The van der Waals surface area contributed by atoms with Crippen LogP contribution in [-0.4, -0.2) is 47.9 Å². The van der Waals surface area contributed by atoms with Gasteiger partial charge in [-0.15, -0.1) is 0 Å². The second-order valence-electron chi connectivity index (χ2n) is 10.9. The Morgan fingerprint density at radius 2 is 1.54 bits per heavy atom. The van der Waals surface area contributed by atoms with E-state index in [1.807, 2.05) is 66.7 Å². The van der Waals surface area contributed by atoms with Gasteiger partial charge < -0.3 is 25.2 Å². The number of nitrogens with one attached hydrogen (secondary N) is 2. The zero-order chi connectivity index (χ0) is 28.8. The van der Waals surface area contributed by atoms with Gasteiger partial charge in [-0.1, -0.05) is 85.3 Å². The molecule has 4 atom stereocenters. The molecule has 0 heterocycles. The van der Waals surface area contributed by atoms with Crippen molar-refractivity contribution in [2.45, 2.75) is 63.3 Å². The molecule has 1 fully saturated rings. The van der Waals surface area contributed by atoms with Crippen LogP contribution < -0.4 is 10.6 Å². The van der Waals surface area contributed by atoms with Gasteiger partial charge in [-0.25, -0.2) is 4.79 Å². The average molecular weight is 557 g/mol. The van der Waals surface area contributed by atoms with E-state index < -0.39 is 36.0 Å². The fraction of sp³-hybridized carbons (Fsp3) is 0.364. The third-order valence-electron chi connectivity index (χ3n) is 8.09. The molecule has 3 aromatic rings. The maximum absolute atomic E-state index is 13.5. The molecule has 2 aliphatic rings. The Morgan fingerprint density at radius 1 is 0.902 bits per heavy atom. The van der Waals surface area contributed by atoms with Crippen LogP contribution in [0.25, 0.3) is 11.1 Å².